The van der Waals surface area contributed by atoms with Gasteiger partial charge in [0.05, 0.1) is 12.6 Å². The third-order valence-corrected chi connectivity index (χ3v) is 3.68. The number of nitrogens with two attached hydrogens (primary N) is 1. The van der Waals surface area contributed by atoms with Crippen molar-refractivity contribution in [2.45, 2.75) is 24.8 Å². The van der Waals surface area contributed by atoms with Crippen LogP contribution < -0.4 is 10.5 Å². The number of para-hydroxylation sites is 1. The lowest BCUT2D eigenvalue weighted by Crippen LogP contribution is -2.44. The fourth-order valence-electron chi connectivity index (χ4n) is 2.25. The largest absolute Gasteiger partial charge is 0.496 e. The molecule has 2 aromatic rings. The zero-order valence-corrected chi connectivity index (χ0v) is 11.4. The lowest BCUT2D eigenvalue weighted by atomic mass is 9.77. The van der Waals surface area contributed by atoms with Crippen LogP contribution >= 0.6 is 0 Å². The Balaban J connectivity index is 1.79. The number of methoxy groups -OCH3 is 1. The van der Waals surface area contributed by atoms with E-state index in [1.54, 1.807) is 13.2 Å². The van der Waals surface area contributed by atoms with Crippen molar-refractivity contribution in [2.24, 2.45) is 5.73 Å². The van der Waals surface area contributed by atoms with Crippen molar-refractivity contribution in [3.63, 3.8) is 0 Å². The topological polar surface area (TPSA) is 74.2 Å². The van der Waals surface area contributed by atoms with Crippen LogP contribution in [-0.4, -0.2) is 17.3 Å². The molecule has 0 saturated heterocycles. The van der Waals surface area contributed by atoms with Gasteiger partial charge in [0.1, 0.15) is 5.75 Å². The third kappa shape index (κ3) is 2.32. The zero-order chi connectivity index (χ0) is 14.0. The average Bonchev–Trinajstić information content (AvgIpc) is 2.92. The lowest BCUT2D eigenvalue weighted by molar-refractivity contribution is 0.229. The average molecular weight is 271 g/mol. The first kappa shape index (κ1) is 12.9. The minimum Gasteiger partial charge on any atom is -0.496 e. The van der Waals surface area contributed by atoms with E-state index in [2.05, 4.69) is 10.1 Å². The maximum absolute atomic E-state index is 6.16. The molecular weight excluding hydrogens is 254 g/mol. The molecule has 0 spiro atoms. The van der Waals surface area contributed by atoms with E-state index in [9.17, 15) is 0 Å². The summed E-state index contributed by atoms with van der Waals surface area (Å²) in [6, 6.07) is 7.74. The molecule has 1 aromatic heterocycles. The van der Waals surface area contributed by atoms with Crippen molar-refractivity contribution in [1.82, 2.24) is 10.1 Å². The molecule has 5 heteroatoms. The number of rotatable bonds is 4. The second-order valence-corrected chi connectivity index (χ2v) is 5.04. The molecule has 1 aromatic carbocycles. The molecule has 0 bridgehead atoms. The Bertz CT molecular complexity index is 630. The van der Waals surface area contributed by atoms with Crippen LogP contribution in [0.15, 0.2) is 28.8 Å². The van der Waals surface area contributed by atoms with E-state index in [4.69, 9.17) is 15.0 Å². The van der Waals surface area contributed by atoms with Crippen molar-refractivity contribution in [2.75, 3.05) is 7.11 Å². The second kappa shape index (κ2) is 5.09. The van der Waals surface area contributed by atoms with Crippen LogP contribution in [0.5, 0.6) is 5.75 Å². The Morgan fingerprint density at radius 1 is 1.30 bits per heavy atom. The highest BCUT2D eigenvalue weighted by atomic mass is 16.5. The highest BCUT2D eigenvalue weighted by Gasteiger charge is 2.38. The summed E-state index contributed by atoms with van der Waals surface area (Å²) in [5.74, 6) is 1.86. The smallest absolute Gasteiger partial charge is 0.250 e. The van der Waals surface area contributed by atoms with Gasteiger partial charge in [0.15, 0.2) is 5.82 Å². The normalized spacial score (nSPS) is 17.1. The summed E-state index contributed by atoms with van der Waals surface area (Å²) in [5, 5.41) is 3.97. The highest BCUT2D eigenvalue weighted by Crippen LogP contribution is 2.36. The number of hydrogen-bond acceptors (Lipinski definition) is 5. The number of ether oxygens (including phenoxy) is 1. The van der Waals surface area contributed by atoms with Crippen LogP contribution in [0.1, 0.15) is 36.5 Å². The first-order chi connectivity index (χ1) is 9.71. The summed E-state index contributed by atoms with van der Waals surface area (Å²) < 4.78 is 10.5. The summed E-state index contributed by atoms with van der Waals surface area (Å²) >= 11 is 0. The van der Waals surface area contributed by atoms with Crippen LogP contribution in [0.3, 0.4) is 0 Å². The van der Waals surface area contributed by atoms with Gasteiger partial charge in [-0.3, -0.25) is 0 Å². The van der Waals surface area contributed by atoms with E-state index in [1.807, 2.05) is 30.3 Å². The molecule has 0 atom stereocenters. The molecule has 3 rings (SSSR count). The maximum atomic E-state index is 6.16. The molecule has 20 heavy (non-hydrogen) atoms. The van der Waals surface area contributed by atoms with Crippen molar-refractivity contribution >= 4 is 12.2 Å². The van der Waals surface area contributed by atoms with E-state index in [-0.39, 0.29) is 5.54 Å². The Hall–Kier alpha value is -2.14. The fourth-order valence-corrected chi connectivity index (χ4v) is 2.25. The quantitative estimate of drug-likeness (QED) is 0.925. The Labute approximate surface area is 117 Å². The number of aromatic nitrogens is 2. The summed E-state index contributed by atoms with van der Waals surface area (Å²) in [7, 11) is 1.65. The van der Waals surface area contributed by atoms with Gasteiger partial charge in [-0.05, 0) is 31.4 Å². The second-order valence-electron chi connectivity index (χ2n) is 5.04. The van der Waals surface area contributed by atoms with Crippen molar-refractivity contribution in [1.29, 1.82) is 0 Å². The molecule has 104 valence electrons. The molecule has 5 nitrogen and oxygen atoms in total. The van der Waals surface area contributed by atoms with E-state index in [0.717, 1.165) is 30.6 Å². The van der Waals surface area contributed by atoms with Gasteiger partial charge in [-0.1, -0.05) is 23.4 Å². The molecule has 0 amide bonds. The Morgan fingerprint density at radius 3 is 2.80 bits per heavy atom. The van der Waals surface area contributed by atoms with Gasteiger partial charge in [-0.2, -0.15) is 4.98 Å². The molecule has 0 radical (unpaired) electrons. The van der Waals surface area contributed by atoms with Gasteiger partial charge in [0.25, 0.3) is 5.89 Å². The minimum absolute atomic E-state index is 0.389. The van der Waals surface area contributed by atoms with Gasteiger partial charge in [-0.25, -0.2) is 0 Å². The minimum atomic E-state index is -0.389. The number of benzene rings is 1. The molecule has 1 aliphatic rings. The van der Waals surface area contributed by atoms with Gasteiger partial charge < -0.3 is 15.0 Å². The maximum Gasteiger partial charge on any atom is 0.250 e. The number of hydrogen-bond donors (Lipinski definition) is 1. The van der Waals surface area contributed by atoms with Crippen LogP contribution in [0, 0.1) is 0 Å². The van der Waals surface area contributed by atoms with Crippen molar-refractivity contribution in [3.8, 4) is 5.75 Å². The van der Waals surface area contributed by atoms with Crippen molar-refractivity contribution < 1.29 is 9.26 Å². The van der Waals surface area contributed by atoms with E-state index in [1.165, 1.54) is 0 Å². The van der Waals surface area contributed by atoms with Crippen LogP contribution in [0.25, 0.3) is 12.2 Å². The molecule has 0 aliphatic heterocycles. The molecule has 1 aliphatic carbocycles. The van der Waals surface area contributed by atoms with Crippen LogP contribution in [0.2, 0.25) is 0 Å². The van der Waals surface area contributed by atoms with E-state index >= 15 is 0 Å². The molecule has 1 saturated carbocycles. The Morgan fingerprint density at radius 2 is 2.10 bits per heavy atom. The van der Waals surface area contributed by atoms with Crippen LogP contribution in [-0.2, 0) is 5.54 Å². The predicted octanol–water partition coefficient (Wildman–Crippen LogP) is 2.59. The third-order valence-electron chi connectivity index (χ3n) is 3.68. The SMILES string of the molecule is COc1ccccc1/C=C/c1nc(C2(N)CCC2)no1. The van der Waals surface area contributed by atoms with E-state index < -0.39 is 0 Å². The molecule has 1 heterocycles. The summed E-state index contributed by atoms with van der Waals surface area (Å²) in [6.45, 7) is 0. The van der Waals surface area contributed by atoms with Gasteiger partial charge in [0, 0.05) is 11.6 Å². The molecular formula is C15H17N3O2. The molecule has 1 fully saturated rings. The highest BCUT2D eigenvalue weighted by molar-refractivity contribution is 5.69. The first-order valence-electron chi connectivity index (χ1n) is 6.65. The van der Waals surface area contributed by atoms with Crippen molar-refractivity contribution in [3.05, 3.63) is 41.5 Å². The van der Waals surface area contributed by atoms with Gasteiger partial charge in [0.2, 0.25) is 0 Å². The summed E-state index contributed by atoms with van der Waals surface area (Å²) in [4.78, 5) is 4.34. The predicted molar refractivity (Wildman–Crippen MR) is 75.9 cm³/mol. The van der Waals surface area contributed by atoms with Crippen LogP contribution in [0.4, 0.5) is 0 Å². The van der Waals surface area contributed by atoms with E-state index in [0.29, 0.717) is 11.7 Å². The molecule has 2 N–H and O–H groups in total. The summed E-state index contributed by atoms with van der Waals surface area (Å²) in [6.07, 6.45) is 6.62. The van der Waals surface area contributed by atoms with Gasteiger partial charge in [-0.15, -0.1) is 0 Å². The standard InChI is InChI=1S/C15H17N3O2/c1-19-12-6-3-2-5-11(12)7-8-13-17-14(18-20-13)15(16)9-4-10-15/h2-3,5-8H,4,9-10,16H2,1H3/b8-7+. The monoisotopic (exact) mass is 271 g/mol. The lowest BCUT2D eigenvalue weighted by Gasteiger charge is -2.34. The molecule has 0 unspecified atom stereocenters. The first-order valence-corrected chi connectivity index (χ1v) is 6.65. The zero-order valence-electron chi connectivity index (χ0n) is 11.4. The summed E-state index contributed by atoms with van der Waals surface area (Å²) in [5.41, 5.74) is 6.73. The number of nitrogens with zero attached hydrogens (tertiary/aromatic N) is 2. The fraction of sp³-hybridized carbons (Fsp3) is 0.333. The van der Waals surface area contributed by atoms with Gasteiger partial charge >= 0.3 is 0 Å². The Kier molecular flexibility index (Phi) is 3.28.